The Morgan fingerprint density at radius 1 is 1.00 bits per heavy atom. The molecule has 15 heteroatoms. The molecule has 7 rings (SSSR count). The third kappa shape index (κ3) is 10.6. The summed E-state index contributed by atoms with van der Waals surface area (Å²) in [6.45, 7) is 5.05. The molecule has 0 unspecified atom stereocenters. The van der Waals surface area contributed by atoms with Crippen LogP contribution < -0.4 is 20.4 Å². The number of anilines is 2. The van der Waals surface area contributed by atoms with Crippen LogP contribution in [0.5, 0.6) is 5.75 Å². The van der Waals surface area contributed by atoms with E-state index in [4.69, 9.17) is 22.0 Å². The van der Waals surface area contributed by atoms with E-state index >= 15 is 0 Å². The minimum Gasteiger partial charge on any atom is -0.508 e. The highest BCUT2D eigenvalue weighted by molar-refractivity contribution is 6.31. The van der Waals surface area contributed by atoms with Gasteiger partial charge in [-0.1, -0.05) is 30.9 Å². The molecule has 2 aliphatic heterocycles. The van der Waals surface area contributed by atoms with Crippen LogP contribution in [0.4, 0.5) is 15.9 Å². The smallest absolute Gasteiger partial charge is 0.272 e. The third-order valence-corrected chi connectivity index (χ3v) is 11.7. The van der Waals surface area contributed by atoms with E-state index < -0.39 is 5.82 Å². The van der Waals surface area contributed by atoms with Crippen LogP contribution in [0, 0.1) is 23.1 Å². The van der Waals surface area contributed by atoms with Gasteiger partial charge >= 0.3 is 0 Å². The number of halogens is 2. The number of carbonyl (C=O) groups excluding carboxylic acids is 3. The quantitative estimate of drug-likeness (QED) is 0.150. The maximum Gasteiger partial charge on any atom is 0.272 e. The zero-order valence-electron chi connectivity index (χ0n) is 32.4. The molecule has 1 aliphatic carbocycles. The van der Waals surface area contributed by atoms with Crippen molar-refractivity contribution in [3.63, 3.8) is 0 Å². The summed E-state index contributed by atoms with van der Waals surface area (Å²) in [5.41, 5.74) is 1.89. The van der Waals surface area contributed by atoms with E-state index in [2.05, 4.69) is 35.2 Å². The van der Waals surface area contributed by atoms with E-state index in [9.17, 15) is 18.8 Å². The molecule has 3 aliphatic rings. The van der Waals surface area contributed by atoms with Crippen molar-refractivity contribution in [1.82, 2.24) is 30.3 Å². The predicted molar refractivity (Wildman–Crippen MR) is 218 cm³/mol. The fourth-order valence-corrected chi connectivity index (χ4v) is 8.39. The summed E-state index contributed by atoms with van der Waals surface area (Å²) in [6.07, 6.45) is 12.6. The standard InChI is InChI=1S/C35H47FN8O3.C7H4ClNO/c1-37-33(46)16-21-43(24-45)34-28-15-22-44(31(28)9-7-29(34)36)27-13-17-41(18-14-27)23-25-11-19-42(20-12-25)32-10-8-30(39-40-32)35(47)38-26-5-3-2-4-6-26;8-7-3-6(10)2-1-5(7)4-9/h7-10,15,22,24-27H,2-6,11-14,16-21,23H2,1H3,(H,37,46)(H,38,47);1-3,10H. The molecule has 0 bridgehead atoms. The van der Waals surface area contributed by atoms with Gasteiger partial charge in [-0.05, 0) is 93.0 Å². The molecule has 4 heterocycles. The molecular weight excluding hydrogens is 749 g/mol. The van der Waals surface area contributed by atoms with Crippen LogP contribution >= 0.6 is 11.6 Å². The molecule has 4 aromatic rings. The third-order valence-electron chi connectivity index (χ3n) is 11.4. The van der Waals surface area contributed by atoms with Crippen molar-refractivity contribution in [3.05, 3.63) is 76.8 Å². The number of aromatic nitrogens is 3. The summed E-state index contributed by atoms with van der Waals surface area (Å²) >= 11 is 5.55. The summed E-state index contributed by atoms with van der Waals surface area (Å²) in [4.78, 5) is 42.4. The topological polar surface area (TPSA) is 160 Å². The van der Waals surface area contributed by atoms with Crippen molar-refractivity contribution >= 4 is 52.2 Å². The summed E-state index contributed by atoms with van der Waals surface area (Å²) in [6, 6.07) is 15.5. The monoisotopic (exact) mass is 799 g/mol. The zero-order valence-corrected chi connectivity index (χ0v) is 33.1. The van der Waals surface area contributed by atoms with Crippen molar-refractivity contribution in [2.45, 2.75) is 76.3 Å². The van der Waals surface area contributed by atoms with E-state index in [-0.39, 0.29) is 47.3 Å². The van der Waals surface area contributed by atoms with Gasteiger partial charge in [-0.2, -0.15) is 5.26 Å². The Morgan fingerprint density at radius 2 is 1.75 bits per heavy atom. The molecule has 3 fully saturated rings. The number of hydrogen-bond donors (Lipinski definition) is 3. The number of hydrogen-bond acceptors (Lipinski definition) is 9. The summed E-state index contributed by atoms with van der Waals surface area (Å²) in [5, 5.41) is 32.5. The number of nitrogens with one attached hydrogen (secondary N) is 2. The van der Waals surface area contributed by atoms with Crippen LogP contribution in [0.2, 0.25) is 5.02 Å². The molecule has 2 aromatic carbocycles. The van der Waals surface area contributed by atoms with Gasteiger partial charge in [0, 0.05) is 76.4 Å². The number of benzene rings is 2. The van der Waals surface area contributed by atoms with E-state index in [1.54, 1.807) is 19.2 Å². The highest BCUT2D eigenvalue weighted by Gasteiger charge is 2.28. The van der Waals surface area contributed by atoms with Gasteiger partial charge in [0.15, 0.2) is 11.5 Å². The number of nitriles is 1. The lowest BCUT2D eigenvalue weighted by atomic mass is 9.94. The SMILES string of the molecule is CNC(=O)CCN(C=O)c1c(F)ccc2c1ccn2C1CCN(CC2CCN(c3ccc(C(=O)NC4CCCCC4)nn3)CC2)CC1.N#Cc1ccc(O)cc1Cl. The van der Waals surface area contributed by atoms with Crippen LogP contribution in [0.25, 0.3) is 10.9 Å². The molecule has 57 heavy (non-hydrogen) atoms. The lowest BCUT2D eigenvalue weighted by Crippen LogP contribution is -2.42. The molecule has 0 spiro atoms. The number of carbonyl (C=O) groups is 3. The second-order valence-electron chi connectivity index (χ2n) is 15.1. The van der Waals surface area contributed by atoms with Crippen LogP contribution in [-0.2, 0) is 9.59 Å². The molecule has 13 nitrogen and oxygen atoms in total. The summed E-state index contributed by atoms with van der Waals surface area (Å²) in [5.74, 6) is 0.739. The van der Waals surface area contributed by atoms with Crippen molar-refractivity contribution in [2.24, 2.45) is 5.92 Å². The van der Waals surface area contributed by atoms with E-state index in [1.165, 1.54) is 48.4 Å². The van der Waals surface area contributed by atoms with Gasteiger partial charge in [0.2, 0.25) is 12.3 Å². The predicted octanol–water partition coefficient (Wildman–Crippen LogP) is 6.20. The zero-order chi connectivity index (χ0) is 40.3. The van der Waals surface area contributed by atoms with E-state index in [0.29, 0.717) is 35.0 Å². The van der Waals surface area contributed by atoms with Crippen LogP contribution in [0.3, 0.4) is 0 Å². The molecule has 0 atom stereocenters. The molecule has 3 amide bonds. The second-order valence-corrected chi connectivity index (χ2v) is 15.5. The largest absolute Gasteiger partial charge is 0.508 e. The maximum absolute atomic E-state index is 15.0. The maximum atomic E-state index is 15.0. The van der Waals surface area contributed by atoms with Crippen LogP contribution in [0.1, 0.15) is 86.3 Å². The Balaban J connectivity index is 0.000000479. The Bertz CT molecular complexity index is 2030. The summed E-state index contributed by atoms with van der Waals surface area (Å²) < 4.78 is 17.2. The minimum absolute atomic E-state index is 0.0731. The lowest BCUT2D eigenvalue weighted by molar-refractivity contribution is -0.120. The first-order chi connectivity index (χ1) is 27.7. The molecular formula is C42H51ClFN9O4. The molecule has 3 N–H and O–H groups in total. The fourth-order valence-electron chi connectivity index (χ4n) is 8.18. The van der Waals surface area contributed by atoms with Crippen LogP contribution in [0.15, 0.2) is 54.7 Å². The van der Waals surface area contributed by atoms with Gasteiger partial charge in [-0.3, -0.25) is 14.4 Å². The Kier molecular flexibility index (Phi) is 14.3. The van der Waals surface area contributed by atoms with E-state index in [1.807, 2.05) is 24.4 Å². The number of amides is 3. The lowest BCUT2D eigenvalue weighted by Gasteiger charge is -2.38. The Hall–Kier alpha value is -5.26. The van der Waals surface area contributed by atoms with Crippen molar-refractivity contribution in [1.29, 1.82) is 5.26 Å². The first-order valence-electron chi connectivity index (χ1n) is 19.9. The number of piperidine rings is 2. The Morgan fingerprint density at radius 3 is 2.40 bits per heavy atom. The van der Waals surface area contributed by atoms with E-state index in [0.717, 1.165) is 82.6 Å². The molecule has 2 saturated heterocycles. The van der Waals surface area contributed by atoms with Gasteiger partial charge in [0.25, 0.3) is 5.91 Å². The van der Waals surface area contributed by atoms with Gasteiger partial charge in [0.05, 0.1) is 21.8 Å². The molecule has 1 saturated carbocycles. The molecule has 0 radical (unpaired) electrons. The van der Waals surface area contributed by atoms with Gasteiger partial charge in [-0.25, -0.2) is 4.39 Å². The van der Waals surface area contributed by atoms with Gasteiger partial charge < -0.3 is 35.0 Å². The molecule has 302 valence electrons. The van der Waals surface area contributed by atoms with Gasteiger partial charge in [0.1, 0.15) is 17.6 Å². The van der Waals surface area contributed by atoms with Crippen LogP contribution in [-0.4, -0.2) is 95.4 Å². The first kappa shape index (κ1) is 41.4. The van der Waals surface area contributed by atoms with Crippen molar-refractivity contribution in [3.8, 4) is 11.8 Å². The number of likely N-dealkylation sites (tertiary alicyclic amines) is 1. The average molecular weight is 800 g/mol. The minimum atomic E-state index is -0.471. The normalized spacial score (nSPS) is 17.0. The number of phenols is 1. The van der Waals surface area contributed by atoms with Crippen molar-refractivity contribution in [2.75, 3.05) is 56.1 Å². The molecule has 2 aromatic heterocycles. The Labute approximate surface area is 337 Å². The number of aromatic hydroxyl groups is 1. The average Bonchev–Trinajstić information content (AvgIpc) is 3.67. The highest BCUT2D eigenvalue weighted by Crippen LogP contribution is 2.35. The first-order valence-corrected chi connectivity index (χ1v) is 20.3. The number of rotatable bonds is 11. The highest BCUT2D eigenvalue weighted by atomic mass is 35.5. The number of fused-ring (bicyclic) bond motifs is 1. The van der Waals surface area contributed by atoms with Crippen molar-refractivity contribution < 1.29 is 23.9 Å². The number of phenolic OH excluding ortho intramolecular Hbond substituents is 1. The van der Waals surface area contributed by atoms with Gasteiger partial charge in [-0.15, -0.1) is 10.2 Å². The summed E-state index contributed by atoms with van der Waals surface area (Å²) in [7, 11) is 1.54. The number of nitrogens with zero attached hydrogens (tertiary/aromatic N) is 7. The second kappa shape index (κ2) is 19.7. The fraction of sp³-hybridized carbons (Fsp3) is 0.476.